The third-order valence-electron chi connectivity index (χ3n) is 8.12. The zero-order valence-electron chi connectivity index (χ0n) is 21.9. The number of benzene rings is 3. The van der Waals surface area contributed by atoms with Crippen molar-refractivity contribution in [3.63, 3.8) is 0 Å². The molecule has 8 heteroatoms. The second-order valence-corrected chi connectivity index (χ2v) is 10.8. The average molecular weight is 519 g/mol. The molecule has 0 bridgehead atoms. The number of carbonyl (C=O) groups is 2. The van der Waals surface area contributed by atoms with E-state index >= 15 is 0 Å². The molecule has 5 aromatic rings. The number of imidazole rings is 1. The van der Waals surface area contributed by atoms with Gasteiger partial charge in [-0.3, -0.25) is 14.7 Å². The topological polar surface area (TPSA) is 95.9 Å². The summed E-state index contributed by atoms with van der Waals surface area (Å²) in [5.41, 5.74) is 6.46. The maximum atomic E-state index is 12.8. The Kier molecular flexibility index (Phi) is 5.68. The molecule has 2 aromatic heterocycles. The lowest BCUT2D eigenvalue weighted by Crippen LogP contribution is -2.30. The van der Waals surface area contributed by atoms with Crippen molar-refractivity contribution in [2.24, 2.45) is 11.8 Å². The molecule has 2 N–H and O–H groups in total. The van der Waals surface area contributed by atoms with E-state index in [0.29, 0.717) is 23.9 Å². The fourth-order valence-electron chi connectivity index (χ4n) is 5.86. The van der Waals surface area contributed by atoms with Gasteiger partial charge in [-0.2, -0.15) is 5.10 Å². The minimum Gasteiger partial charge on any atom is -0.355 e. The molecular formula is C31H30N6O2. The van der Waals surface area contributed by atoms with Crippen LogP contribution in [0.25, 0.3) is 44.5 Å². The van der Waals surface area contributed by atoms with Crippen LogP contribution in [-0.4, -0.2) is 56.6 Å². The maximum Gasteiger partial charge on any atom is 0.253 e. The number of aromatic amines is 1. The fourth-order valence-corrected chi connectivity index (χ4v) is 5.86. The van der Waals surface area contributed by atoms with Gasteiger partial charge in [0.05, 0.1) is 28.3 Å². The van der Waals surface area contributed by atoms with Crippen molar-refractivity contribution >= 4 is 33.8 Å². The van der Waals surface area contributed by atoms with Crippen LogP contribution in [0.2, 0.25) is 0 Å². The van der Waals surface area contributed by atoms with E-state index in [1.165, 1.54) is 0 Å². The van der Waals surface area contributed by atoms with Gasteiger partial charge in [0.25, 0.3) is 5.91 Å². The van der Waals surface area contributed by atoms with E-state index in [1.54, 1.807) is 7.05 Å². The highest BCUT2D eigenvalue weighted by Crippen LogP contribution is 2.35. The second kappa shape index (κ2) is 9.38. The molecule has 1 saturated carbocycles. The number of hydrogen-bond donors (Lipinski definition) is 2. The molecule has 39 heavy (non-hydrogen) atoms. The van der Waals surface area contributed by atoms with Crippen molar-refractivity contribution in [1.29, 1.82) is 0 Å². The van der Waals surface area contributed by atoms with Gasteiger partial charge in [0.1, 0.15) is 5.82 Å². The maximum absolute atomic E-state index is 12.8. The molecule has 3 aromatic carbocycles. The molecule has 2 aliphatic rings. The predicted molar refractivity (Wildman–Crippen MR) is 151 cm³/mol. The van der Waals surface area contributed by atoms with Crippen molar-refractivity contribution in [3.05, 3.63) is 72.4 Å². The Balaban J connectivity index is 1.26. The SMILES string of the molecule is CNC(=O)c1cccc2nc(-c3ccc(-c4ccc5cn[nH]c5c4)cc3)n(CC3CCN(C(=O)C4CC4)C3)c12. The van der Waals surface area contributed by atoms with Crippen molar-refractivity contribution in [2.75, 3.05) is 20.1 Å². The summed E-state index contributed by atoms with van der Waals surface area (Å²) in [5.74, 6) is 1.56. The van der Waals surface area contributed by atoms with E-state index in [4.69, 9.17) is 4.98 Å². The lowest BCUT2D eigenvalue weighted by Gasteiger charge is -2.18. The molecule has 2 fully saturated rings. The fraction of sp³-hybridized carbons (Fsp3) is 0.290. The number of aromatic nitrogens is 4. The molecule has 0 spiro atoms. The van der Waals surface area contributed by atoms with E-state index in [2.05, 4.69) is 62.5 Å². The van der Waals surface area contributed by atoms with Crippen LogP contribution in [0.3, 0.4) is 0 Å². The molecule has 1 saturated heterocycles. The van der Waals surface area contributed by atoms with Crippen molar-refractivity contribution in [1.82, 2.24) is 30.0 Å². The number of nitrogens with zero attached hydrogens (tertiary/aromatic N) is 4. The standard InChI is InChI=1S/C31H30N6O2/c1-32-30(38)25-3-2-4-26-28(25)37(18-19-13-14-36(17-19)31(39)22-9-10-22)29(34-26)21-7-5-20(6-8-21)23-11-12-24-16-33-35-27(24)15-23/h2-8,11-12,15-16,19,22H,9-10,13-14,17-18H2,1H3,(H,32,38)(H,33,35). The normalized spacial score (nSPS) is 17.3. The quantitative estimate of drug-likeness (QED) is 0.335. The van der Waals surface area contributed by atoms with E-state index < -0.39 is 0 Å². The van der Waals surface area contributed by atoms with Crippen LogP contribution < -0.4 is 5.32 Å². The molecule has 8 nitrogen and oxygen atoms in total. The van der Waals surface area contributed by atoms with E-state index in [9.17, 15) is 9.59 Å². The van der Waals surface area contributed by atoms with Gasteiger partial charge in [0.15, 0.2) is 0 Å². The summed E-state index contributed by atoms with van der Waals surface area (Å²) in [7, 11) is 1.65. The number of nitrogens with one attached hydrogen (secondary N) is 2. The van der Waals surface area contributed by atoms with Crippen LogP contribution >= 0.6 is 0 Å². The monoisotopic (exact) mass is 518 g/mol. The third-order valence-corrected chi connectivity index (χ3v) is 8.12. The van der Waals surface area contributed by atoms with E-state index in [-0.39, 0.29) is 11.8 Å². The number of rotatable bonds is 6. The molecule has 1 aliphatic carbocycles. The number of H-pyrrole nitrogens is 1. The number of amides is 2. The summed E-state index contributed by atoms with van der Waals surface area (Å²) in [5, 5.41) is 11.0. The summed E-state index contributed by atoms with van der Waals surface area (Å²) >= 11 is 0. The van der Waals surface area contributed by atoms with Crippen molar-refractivity contribution in [3.8, 4) is 22.5 Å². The van der Waals surface area contributed by atoms with Gasteiger partial charge in [-0.15, -0.1) is 0 Å². The van der Waals surface area contributed by atoms with Crippen LogP contribution in [0.1, 0.15) is 29.6 Å². The molecule has 1 aliphatic heterocycles. The molecular weight excluding hydrogens is 488 g/mol. The Hall–Kier alpha value is -4.46. The number of hydrogen-bond acceptors (Lipinski definition) is 4. The first-order chi connectivity index (χ1) is 19.1. The van der Waals surface area contributed by atoms with Gasteiger partial charge >= 0.3 is 0 Å². The van der Waals surface area contributed by atoms with Crippen LogP contribution in [0.15, 0.2) is 66.9 Å². The van der Waals surface area contributed by atoms with Crippen LogP contribution in [0.4, 0.5) is 0 Å². The van der Waals surface area contributed by atoms with Crippen LogP contribution in [-0.2, 0) is 11.3 Å². The lowest BCUT2D eigenvalue weighted by atomic mass is 10.0. The second-order valence-electron chi connectivity index (χ2n) is 10.8. The number of carbonyl (C=O) groups excluding carboxylic acids is 2. The third kappa shape index (κ3) is 4.26. The van der Waals surface area contributed by atoms with Gasteiger partial charge in [-0.1, -0.05) is 42.5 Å². The van der Waals surface area contributed by atoms with Crippen molar-refractivity contribution < 1.29 is 9.59 Å². The molecule has 1 unspecified atom stereocenters. The highest BCUT2D eigenvalue weighted by molar-refractivity contribution is 6.05. The molecule has 7 rings (SSSR count). The lowest BCUT2D eigenvalue weighted by molar-refractivity contribution is -0.131. The first-order valence-electron chi connectivity index (χ1n) is 13.6. The minimum absolute atomic E-state index is 0.130. The zero-order valence-corrected chi connectivity index (χ0v) is 21.9. The first kappa shape index (κ1) is 23.6. The molecule has 2 amide bonds. The number of likely N-dealkylation sites (tertiary alicyclic amines) is 1. The molecule has 0 radical (unpaired) electrons. The summed E-state index contributed by atoms with van der Waals surface area (Å²) in [6.07, 6.45) is 4.83. The predicted octanol–water partition coefficient (Wildman–Crippen LogP) is 4.86. The summed E-state index contributed by atoms with van der Waals surface area (Å²) < 4.78 is 2.20. The van der Waals surface area contributed by atoms with Crippen LogP contribution in [0, 0.1) is 11.8 Å². The molecule has 196 valence electrons. The number of fused-ring (bicyclic) bond motifs is 2. The smallest absolute Gasteiger partial charge is 0.253 e. The first-order valence-corrected chi connectivity index (χ1v) is 13.6. The van der Waals surface area contributed by atoms with E-state index in [0.717, 1.165) is 76.8 Å². The van der Waals surface area contributed by atoms with E-state index in [1.807, 2.05) is 29.3 Å². The van der Waals surface area contributed by atoms with Gasteiger partial charge in [-0.05, 0) is 54.5 Å². The van der Waals surface area contributed by atoms with Gasteiger partial charge in [0.2, 0.25) is 5.91 Å². The van der Waals surface area contributed by atoms with Crippen molar-refractivity contribution in [2.45, 2.75) is 25.8 Å². The summed E-state index contributed by atoms with van der Waals surface area (Å²) in [6.45, 7) is 2.26. The summed E-state index contributed by atoms with van der Waals surface area (Å²) in [4.78, 5) is 32.6. The Labute approximate surface area is 226 Å². The number of para-hydroxylation sites is 1. The van der Waals surface area contributed by atoms with Crippen LogP contribution in [0.5, 0.6) is 0 Å². The van der Waals surface area contributed by atoms with Gasteiger partial charge in [-0.25, -0.2) is 4.98 Å². The molecule has 3 heterocycles. The Bertz CT molecular complexity index is 1710. The minimum atomic E-state index is -0.130. The summed E-state index contributed by atoms with van der Waals surface area (Å²) in [6, 6.07) is 20.4. The van der Waals surface area contributed by atoms with Gasteiger partial charge in [0, 0.05) is 43.5 Å². The largest absolute Gasteiger partial charge is 0.355 e. The Morgan fingerprint density at radius 3 is 2.59 bits per heavy atom. The highest BCUT2D eigenvalue weighted by atomic mass is 16.2. The van der Waals surface area contributed by atoms with Gasteiger partial charge < -0.3 is 14.8 Å². The zero-order chi connectivity index (χ0) is 26.5. The molecule has 1 atom stereocenters. The average Bonchev–Trinajstić information content (AvgIpc) is 3.36. The Morgan fingerprint density at radius 1 is 1.00 bits per heavy atom. The highest BCUT2D eigenvalue weighted by Gasteiger charge is 2.37. The Morgan fingerprint density at radius 2 is 1.79 bits per heavy atom.